The molecule has 236 valence electrons. The van der Waals surface area contributed by atoms with E-state index in [2.05, 4.69) is 15.2 Å². The third-order valence-corrected chi connectivity index (χ3v) is 8.30. The first-order valence-electron chi connectivity index (χ1n) is 14.5. The van der Waals surface area contributed by atoms with E-state index in [1.165, 1.54) is 7.11 Å². The SMILES string of the molecule is COC(=O)[C@@H](NC(=O)N1CCN(c2ccc(OC[C@@H]3CO[C@@](Cn4ccnc4)(c4ccc(Cl)cc4Cl)O3)cc2)CC1)C(C)C. The molecule has 3 atom stereocenters. The molecular weight excluding hydrogens is 609 g/mol. The molecule has 11 nitrogen and oxygen atoms in total. The predicted molar refractivity (Wildman–Crippen MR) is 166 cm³/mol. The number of nitrogens with zero attached hydrogens (tertiary/aromatic N) is 4. The lowest BCUT2D eigenvalue weighted by molar-refractivity contribution is -0.189. The quantitative estimate of drug-likeness (QED) is 0.320. The van der Waals surface area contributed by atoms with Crippen LogP contribution in [0.5, 0.6) is 5.75 Å². The Kier molecular flexibility index (Phi) is 10.2. The lowest BCUT2D eigenvalue weighted by Crippen LogP contribution is -2.55. The molecule has 1 N–H and O–H groups in total. The van der Waals surface area contributed by atoms with E-state index in [0.29, 0.717) is 60.7 Å². The highest BCUT2D eigenvalue weighted by Crippen LogP contribution is 2.40. The van der Waals surface area contributed by atoms with Crippen LogP contribution in [-0.4, -0.2) is 85.1 Å². The summed E-state index contributed by atoms with van der Waals surface area (Å²) in [5.41, 5.74) is 1.72. The van der Waals surface area contributed by atoms with Crippen molar-refractivity contribution in [1.82, 2.24) is 19.8 Å². The molecule has 13 heteroatoms. The monoisotopic (exact) mass is 645 g/mol. The maximum Gasteiger partial charge on any atom is 0.328 e. The highest BCUT2D eigenvalue weighted by atomic mass is 35.5. The van der Waals surface area contributed by atoms with E-state index in [-0.39, 0.29) is 24.7 Å². The zero-order valence-corrected chi connectivity index (χ0v) is 26.5. The molecule has 2 aromatic carbocycles. The van der Waals surface area contributed by atoms with Crippen LogP contribution in [0.1, 0.15) is 19.4 Å². The van der Waals surface area contributed by atoms with Gasteiger partial charge < -0.3 is 38.6 Å². The van der Waals surface area contributed by atoms with Crippen molar-refractivity contribution in [3.05, 3.63) is 76.8 Å². The minimum absolute atomic E-state index is 0.0759. The highest BCUT2D eigenvalue weighted by molar-refractivity contribution is 6.35. The number of amides is 2. The van der Waals surface area contributed by atoms with Gasteiger partial charge in [0.15, 0.2) is 0 Å². The van der Waals surface area contributed by atoms with Gasteiger partial charge in [-0.3, -0.25) is 0 Å². The number of piperazine rings is 1. The summed E-state index contributed by atoms with van der Waals surface area (Å²) < 4.78 is 25.5. The number of benzene rings is 2. The highest BCUT2D eigenvalue weighted by Gasteiger charge is 2.45. The van der Waals surface area contributed by atoms with E-state index in [1.54, 1.807) is 29.6 Å². The van der Waals surface area contributed by atoms with Crippen LogP contribution in [0.25, 0.3) is 0 Å². The first-order valence-corrected chi connectivity index (χ1v) is 15.3. The van der Waals surface area contributed by atoms with Crippen molar-refractivity contribution in [3.8, 4) is 5.75 Å². The second-order valence-electron chi connectivity index (χ2n) is 11.1. The van der Waals surface area contributed by atoms with Gasteiger partial charge in [-0.1, -0.05) is 43.1 Å². The van der Waals surface area contributed by atoms with E-state index in [9.17, 15) is 9.59 Å². The number of carbonyl (C=O) groups excluding carboxylic acids is 2. The molecule has 44 heavy (non-hydrogen) atoms. The Morgan fingerprint density at radius 1 is 1.11 bits per heavy atom. The van der Waals surface area contributed by atoms with Crippen LogP contribution in [0.4, 0.5) is 10.5 Å². The number of urea groups is 1. The van der Waals surface area contributed by atoms with E-state index in [1.807, 2.05) is 54.9 Å². The van der Waals surface area contributed by atoms with Crippen molar-refractivity contribution in [2.24, 2.45) is 5.92 Å². The van der Waals surface area contributed by atoms with Crippen molar-refractivity contribution in [3.63, 3.8) is 0 Å². The van der Waals surface area contributed by atoms with Gasteiger partial charge in [-0.25, -0.2) is 14.6 Å². The van der Waals surface area contributed by atoms with Crippen molar-refractivity contribution >= 4 is 40.9 Å². The number of hydrogen-bond acceptors (Lipinski definition) is 8. The Hall–Kier alpha value is -3.51. The van der Waals surface area contributed by atoms with Gasteiger partial charge in [0.25, 0.3) is 0 Å². The number of ether oxygens (including phenoxy) is 4. The predicted octanol–water partition coefficient (Wildman–Crippen LogP) is 4.57. The minimum Gasteiger partial charge on any atom is -0.491 e. The largest absolute Gasteiger partial charge is 0.491 e. The topological polar surface area (TPSA) is 107 Å². The fourth-order valence-electron chi connectivity index (χ4n) is 5.33. The molecule has 0 aliphatic carbocycles. The van der Waals surface area contributed by atoms with Gasteiger partial charge in [0.05, 0.1) is 31.6 Å². The average Bonchev–Trinajstić information content (AvgIpc) is 3.69. The molecule has 0 unspecified atom stereocenters. The zero-order valence-electron chi connectivity index (χ0n) is 24.9. The summed E-state index contributed by atoms with van der Waals surface area (Å²) in [5.74, 6) is -0.933. The van der Waals surface area contributed by atoms with Gasteiger partial charge in [-0.05, 0) is 42.3 Å². The number of aromatic nitrogens is 2. The molecule has 0 spiro atoms. The van der Waals surface area contributed by atoms with Crippen LogP contribution in [0.15, 0.2) is 61.2 Å². The fraction of sp³-hybridized carbons (Fsp3) is 0.452. The molecule has 2 aliphatic heterocycles. The van der Waals surface area contributed by atoms with Crippen molar-refractivity contribution in [2.75, 3.05) is 51.4 Å². The smallest absolute Gasteiger partial charge is 0.328 e. The number of halogens is 2. The fourth-order valence-corrected chi connectivity index (χ4v) is 5.89. The summed E-state index contributed by atoms with van der Waals surface area (Å²) in [6.07, 6.45) is 4.90. The number of carbonyl (C=O) groups is 2. The summed E-state index contributed by atoms with van der Waals surface area (Å²) in [7, 11) is 1.32. The minimum atomic E-state index is -1.12. The molecule has 1 aromatic heterocycles. The average molecular weight is 647 g/mol. The Balaban J connectivity index is 1.14. The number of rotatable bonds is 10. The van der Waals surface area contributed by atoms with Crippen LogP contribution in [0, 0.1) is 5.92 Å². The Morgan fingerprint density at radius 3 is 2.50 bits per heavy atom. The number of esters is 1. The van der Waals surface area contributed by atoms with Crippen molar-refractivity contribution in [2.45, 2.75) is 38.3 Å². The first kappa shape index (κ1) is 31.9. The summed E-state index contributed by atoms with van der Waals surface area (Å²) in [6, 6.07) is 12.2. The summed E-state index contributed by atoms with van der Waals surface area (Å²) in [5, 5.41) is 3.79. The molecular formula is C31H37Cl2N5O6. The molecule has 2 aliphatic rings. The summed E-state index contributed by atoms with van der Waals surface area (Å²) in [6.45, 7) is 7.10. The third kappa shape index (κ3) is 7.40. The molecule has 2 saturated heterocycles. The van der Waals surface area contributed by atoms with Crippen LogP contribution < -0.4 is 15.0 Å². The van der Waals surface area contributed by atoms with E-state index in [4.69, 9.17) is 42.1 Å². The van der Waals surface area contributed by atoms with E-state index in [0.717, 1.165) is 5.69 Å². The molecule has 2 amide bonds. The molecule has 0 bridgehead atoms. The number of anilines is 1. The summed E-state index contributed by atoms with van der Waals surface area (Å²) in [4.78, 5) is 32.9. The van der Waals surface area contributed by atoms with Crippen LogP contribution in [-0.2, 0) is 31.3 Å². The number of imidazole rings is 1. The van der Waals surface area contributed by atoms with Crippen LogP contribution in [0.2, 0.25) is 10.0 Å². The van der Waals surface area contributed by atoms with Crippen molar-refractivity contribution in [1.29, 1.82) is 0 Å². The number of methoxy groups -OCH3 is 1. The Morgan fingerprint density at radius 2 is 1.86 bits per heavy atom. The van der Waals surface area contributed by atoms with Crippen LogP contribution in [0.3, 0.4) is 0 Å². The van der Waals surface area contributed by atoms with Gasteiger partial charge in [0.2, 0.25) is 5.79 Å². The van der Waals surface area contributed by atoms with Gasteiger partial charge in [0, 0.05) is 54.8 Å². The van der Waals surface area contributed by atoms with Gasteiger partial charge in [-0.2, -0.15) is 0 Å². The number of hydrogen-bond donors (Lipinski definition) is 1. The number of nitrogens with one attached hydrogen (secondary N) is 1. The normalized spacial score (nSPS) is 20.9. The standard InChI is InChI=1S/C31H37Cl2N5O6/c1-21(2)28(29(39)41-3)35-30(40)38-14-12-37(13-15-38)23-5-7-24(8-6-23)42-17-25-18-43-31(44-25,19-36-11-10-34-20-36)26-9-4-22(32)16-27(26)33/h4-11,16,20-21,25,28H,12-15,17-19H2,1-3H3,(H,35,40)/t25-,28+,31-/m1/s1. The van der Waals surface area contributed by atoms with Crippen LogP contribution >= 0.6 is 23.2 Å². The second-order valence-corrected chi connectivity index (χ2v) is 12.0. The Labute approximate surface area is 266 Å². The van der Waals surface area contributed by atoms with E-state index < -0.39 is 17.8 Å². The molecule has 0 saturated carbocycles. The Bertz CT molecular complexity index is 1420. The zero-order chi connectivity index (χ0) is 31.3. The molecule has 3 heterocycles. The molecule has 5 rings (SSSR count). The maximum absolute atomic E-state index is 12.8. The van der Waals surface area contributed by atoms with Gasteiger partial charge >= 0.3 is 12.0 Å². The molecule has 0 radical (unpaired) electrons. The second kappa shape index (κ2) is 14.1. The lowest BCUT2D eigenvalue weighted by Gasteiger charge is -2.36. The van der Waals surface area contributed by atoms with Gasteiger partial charge in [-0.15, -0.1) is 0 Å². The summed E-state index contributed by atoms with van der Waals surface area (Å²) >= 11 is 12.7. The maximum atomic E-state index is 12.8. The van der Waals surface area contributed by atoms with E-state index >= 15 is 0 Å². The molecule has 2 fully saturated rings. The van der Waals surface area contributed by atoms with Gasteiger partial charge in [0.1, 0.15) is 24.5 Å². The first-order chi connectivity index (χ1) is 21.2. The molecule has 3 aromatic rings. The lowest BCUT2D eigenvalue weighted by atomic mass is 10.1. The third-order valence-electron chi connectivity index (χ3n) is 7.76. The van der Waals surface area contributed by atoms with Crippen molar-refractivity contribution < 1.29 is 28.5 Å².